The fraction of sp³-hybridized carbons (Fsp3) is 0.235. The van der Waals surface area contributed by atoms with Crippen molar-refractivity contribution in [1.29, 1.82) is 0 Å². The molecule has 0 heterocycles. The van der Waals surface area contributed by atoms with E-state index in [4.69, 9.17) is 21.7 Å². The van der Waals surface area contributed by atoms with Gasteiger partial charge in [0.2, 0.25) is 0 Å². The van der Waals surface area contributed by atoms with Crippen molar-refractivity contribution in [3.8, 4) is 11.5 Å². The van der Waals surface area contributed by atoms with Crippen LogP contribution in [-0.2, 0) is 21.7 Å². The Labute approximate surface area is 206 Å². The molecule has 4 nitrogen and oxygen atoms in total. The fourth-order valence-electron chi connectivity index (χ4n) is 1.90. The minimum Gasteiger partial charge on any atom is -1.00 e. The first-order chi connectivity index (χ1) is 10.7. The number of halogens is 4. The average Bonchev–Trinajstić information content (AvgIpc) is 2.52. The van der Waals surface area contributed by atoms with Crippen LogP contribution in [0.2, 0.25) is 0 Å². The first kappa shape index (κ1) is 34.1. The first-order valence-corrected chi connectivity index (χ1v) is 7.65. The summed E-state index contributed by atoms with van der Waals surface area (Å²) in [6.07, 6.45) is 0. The molecule has 0 aromatic heterocycles. The summed E-state index contributed by atoms with van der Waals surface area (Å²) in [7, 11) is 0. The van der Waals surface area contributed by atoms with Gasteiger partial charge in [-0.15, -0.1) is 0 Å². The topological polar surface area (TPSA) is 42.5 Å². The van der Waals surface area contributed by atoms with Gasteiger partial charge in [-0.2, -0.15) is 0 Å². The van der Waals surface area contributed by atoms with E-state index in [-0.39, 0.29) is 71.3 Å². The summed E-state index contributed by atoms with van der Waals surface area (Å²) in [5.41, 5.74) is 1.82. The second-order valence-corrected chi connectivity index (χ2v) is 4.90. The van der Waals surface area contributed by atoms with Gasteiger partial charge in [0.25, 0.3) is 0 Å². The van der Waals surface area contributed by atoms with Crippen molar-refractivity contribution < 1.29 is 80.8 Å². The molecule has 27 heavy (non-hydrogen) atoms. The Bertz CT molecular complexity index is 566. The van der Waals surface area contributed by atoms with Gasteiger partial charge in [0.05, 0.1) is 13.2 Å². The molecule has 0 fully saturated rings. The largest absolute Gasteiger partial charge is 4.00 e. The van der Waals surface area contributed by atoms with Crippen LogP contribution in [0.4, 0.5) is 11.4 Å². The third-order valence-electron chi connectivity index (χ3n) is 2.85. The Hall–Kier alpha value is -0.396. The van der Waals surface area contributed by atoms with E-state index in [0.717, 1.165) is 22.9 Å². The van der Waals surface area contributed by atoms with E-state index in [1.807, 2.05) is 62.4 Å². The van der Waals surface area contributed by atoms with Gasteiger partial charge in [0.1, 0.15) is 11.5 Å². The Morgan fingerprint density at radius 3 is 1.26 bits per heavy atom. The van der Waals surface area contributed by atoms with E-state index < -0.39 is 0 Å². The maximum atomic E-state index is 5.40. The number of ether oxygens (including phenoxy) is 2. The maximum Gasteiger partial charge on any atom is 4.00 e. The molecule has 0 saturated carbocycles. The van der Waals surface area contributed by atoms with Gasteiger partial charge in [0, 0.05) is 11.4 Å². The van der Waals surface area contributed by atoms with Gasteiger partial charge < -0.3 is 69.7 Å². The van der Waals surface area contributed by atoms with Crippen LogP contribution in [0.25, 0.3) is 0 Å². The quantitative estimate of drug-likeness (QED) is 0.302. The van der Waals surface area contributed by atoms with Crippen molar-refractivity contribution in [2.75, 3.05) is 23.8 Å². The summed E-state index contributed by atoms with van der Waals surface area (Å²) in [6.45, 7) is 5.24. The number of anilines is 2. The Kier molecular flexibility index (Phi) is 23.9. The molecular weight excluding hydrogens is 486 g/mol. The molecular formula is C17H20Cl4N2O2STi. The minimum atomic E-state index is 0. The number of benzene rings is 2. The summed E-state index contributed by atoms with van der Waals surface area (Å²) >= 11 is 5.30. The molecule has 0 spiro atoms. The van der Waals surface area contributed by atoms with Crippen LogP contribution in [0.1, 0.15) is 13.8 Å². The van der Waals surface area contributed by atoms with Crippen molar-refractivity contribution in [3.05, 3.63) is 48.5 Å². The second-order valence-electron chi connectivity index (χ2n) is 4.49. The zero-order chi connectivity index (χ0) is 15.8. The summed E-state index contributed by atoms with van der Waals surface area (Å²) < 4.78 is 10.8. The van der Waals surface area contributed by atoms with Crippen LogP contribution in [0.5, 0.6) is 11.5 Å². The van der Waals surface area contributed by atoms with Gasteiger partial charge >= 0.3 is 21.7 Å². The first-order valence-electron chi connectivity index (χ1n) is 7.25. The Morgan fingerprint density at radius 1 is 0.704 bits per heavy atom. The van der Waals surface area contributed by atoms with E-state index in [0.29, 0.717) is 18.3 Å². The maximum absolute atomic E-state index is 5.40. The van der Waals surface area contributed by atoms with Crippen LogP contribution in [-0.4, -0.2) is 18.3 Å². The molecule has 0 aliphatic heterocycles. The van der Waals surface area contributed by atoms with E-state index >= 15 is 0 Å². The van der Waals surface area contributed by atoms with Crippen molar-refractivity contribution in [1.82, 2.24) is 0 Å². The molecule has 148 valence electrons. The van der Waals surface area contributed by atoms with Crippen molar-refractivity contribution >= 4 is 28.7 Å². The zero-order valence-corrected chi connectivity index (χ0v) is 20.2. The van der Waals surface area contributed by atoms with Crippen LogP contribution >= 0.6 is 12.2 Å². The number of hydrogen-bond acceptors (Lipinski definition) is 3. The monoisotopic (exact) mass is 504 g/mol. The molecule has 0 amide bonds. The molecule has 0 unspecified atom stereocenters. The summed E-state index contributed by atoms with van der Waals surface area (Å²) in [4.78, 5) is 0. The summed E-state index contributed by atoms with van der Waals surface area (Å²) in [5.74, 6) is 1.69. The summed E-state index contributed by atoms with van der Waals surface area (Å²) in [5, 5.41) is 6.80. The van der Waals surface area contributed by atoms with Crippen LogP contribution in [0.3, 0.4) is 0 Å². The number of rotatable bonds is 6. The van der Waals surface area contributed by atoms with Crippen molar-refractivity contribution in [2.45, 2.75) is 13.8 Å². The third-order valence-corrected chi connectivity index (χ3v) is 3.05. The molecule has 0 saturated heterocycles. The molecule has 0 aliphatic rings. The standard InChI is InChI=1S/C17H20N2O2S.4ClH.Ti/c1-3-20-15-9-5-13(6-10-15)18-17(22)19-14-7-11-16(12-8-14)21-4-2;;;;;/h5-12H,3-4H2,1-2H3,(H2,18,19,22);4*1H;/q;;;;;+4/p-4. The number of hydrogen-bond donors (Lipinski definition) is 2. The molecule has 0 bridgehead atoms. The van der Waals surface area contributed by atoms with Crippen molar-refractivity contribution in [2.24, 2.45) is 0 Å². The fourth-order valence-corrected chi connectivity index (χ4v) is 2.13. The molecule has 2 rings (SSSR count). The second kappa shape index (κ2) is 18.9. The molecule has 0 atom stereocenters. The smallest absolute Gasteiger partial charge is 1.00 e. The van der Waals surface area contributed by atoms with Crippen LogP contribution in [0.15, 0.2) is 48.5 Å². The van der Waals surface area contributed by atoms with Gasteiger partial charge in [-0.25, -0.2) is 0 Å². The van der Waals surface area contributed by atoms with Gasteiger partial charge in [0.15, 0.2) is 5.11 Å². The zero-order valence-electron chi connectivity index (χ0n) is 14.8. The van der Waals surface area contributed by atoms with Gasteiger partial charge in [-0.05, 0) is 74.6 Å². The van der Waals surface area contributed by atoms with E-state index in [1.165, 1.54) is 0 Å². The molecule has 2 aromatic carbocycles. The van der Waals surface area contributed by atoms with Crippen molar-refractivity contribution in [3.63, 3.8) is 0 Å². The van der Waals surface area contributed by atoms with E-state index in [9.17, 15) is 0 Å². The number of nitrogens with one attached hydrogen (secondary N) is 2. The molecule has 2 aromatic rings. The van der Waals surface area contributed by atoms with Crippen LogP contribution < -0.4 is 69.7 Å². The predicted molar refractivity (Wildman–Crippen MR) is 95.1 cm³/mol. The van der Waals surface area contributed by atoms with E-state index in [1.54, 1.807) is 0 Å². The average molecular weight is 506 g/mol. The Morgan fingerprint density at radius 2 is 1.00 bits per heavy atom. The Balaban J connectivity index is -0.000000529. The number of thiocarbonyl (C=S) groups is 1. The molecule has 0 radical (unpaired) electrons. The SMILES string of the molecule is CCOc1ccc(NC(=S)Nc2ccc(OCC)cc2)cc1.[Cl-].[Cl-].[Cl-].[Cl-].[Ti+4]. The van der Waals surface area contributed by atoms with Crippen LogP contribution in [0, 0.1) is 0 Å². The molecule has 10 heteroatoms. The van der Waals surface area contributed by atoms with Gasteiger partial charge in [-0.1, -0.05) is 0 Å². The predicted octanol–water partition coefficient (Wildman–Crippen LogP) is -7.69. The minimum absolute atomic E-state index is 0. The molecule has 2 N–H and O–H groups in total. The van der Waals surface area contributed by atoms with E-state index in [2.05, 4.69) is 10.6 Å². The van der Waals surface area contributed by atoms with Gasteiger partial charge in [-0.3, -0.25) is 0 Å². The third kappa shape index (κ3) is 12.6. The summed E-state index contributed by atoms with van der Waals surface area (Å²) in [6, 6.07) is 15.3. The normalized spacial score (nSPS) is 8.07. The molecule has 0 aliphatic carbocycles.